The van der Waals surface area contributed by atoms with Gasteiger partial charge in [-0.2, -0.15) is 0 Å². The van der Waals surface area contributed by atoms with Crippen molar-refractivity contribution >= 4 is 15.5 Å². The van der Waals surface area contributed by atoms with Crippen LogP contribution in [0.25, 0.3) is 0 Å². The topological polar surface area (TPSA) is 73.0 Å². The molecule has 100 valence electrons. The van der Waals surface area contributed by atoms with Crippen LogP contribution in [0, 0.1) is 13.8 Å². The Labute approximate surface area is 113 Å². The number of rotatable bonds is 3. The van der Waals surface area contributed by atoms with Gasteiger partial charge in [0.05, 0.1) is 22.0 Å². The lowest BCUT2D eigenvalue weighted by atomic mass is 10.2. The number of nitrogens with zero attached hydrogens (tertiary/aromatic N) is 1. The van der Waals surface area contributed by atoms with E-state index in [-0.39, 0.29) is 10.6 Å². The van der Waals surface area contributed by atoms with Gasteiger partial charge in [0, 0.05) is 6.20 Å². The molecule has 0 radical (unpaired) electrons. The first-order valence-corrected chi connectivity index (χ1v) is 7.55. The molecule has 2 N–H and O–H groups in total. The molecule has 19 heavy (non-hydrogen) atoms. The van der Waals surface area contributed by atoms with Crippen molar-refractivity contribution in [1.82, 2.24) is 4.98 Å². The van der Waals surface area contributed by atoms with E-state index in [1.165, 1.54) is 6.07 Å². The first-order valence-electron chi connectivity index (χ1n) is 5.90. The third-order valence-electron chi connectivity index (χ3n) is 3.06. The second kappa shape index (κ2) is 5.01. The predicted octanol–water partition coefficient (Wildman–Crippen LogP) is 2.25. The Morgan fingerprint density at radius 3 is 2.47 bits per heavy atom. The fourth-order valence-corrected chi connectivity index (χ4v) is 3.45. The summed E-state index contributed by atoms with van der Waals surface area (Å²) < 4.78 is 24.8. The minimum Gasteiger partial charge on any atom is -0.397 e. The molecule has 0 atom stereocenters. The SMILES string of the molecule is Cc1cccnc1CS(=O)(=O)c1cccc(C)c1N. The number of sulfone groups is 1. The molecule has 0 aliphatic rings. The van der Waals surface area contributed by atoms with Gasteiger partial charge in [-0.05, 0) is 37.1 Å². The van der Waals surface area contributed by atoms with Crippen LogP contribution in [0.3, 0.4) is 0 Å². The lowest BCUT2D eigenvalue weighted by Gasteiger charge is -2.10. The summed E-state index contributed by atoms with van der Waals surface area (Å²) in [5.74, 6) is -0.132. The van der Waals surface area contributed by atoms with E-state index in [4.69, 9.17) is 5.73 Å². The molecule has 4 nitrogen and oxygen atoms in total. The molecule has 0 unspecified atom stereocenters. The molecule has 0 saturated carbocycles. The van der Waals surface area contributed by atoms with E-state index in [9.17, 15) is 8.42 Å². The monoisotopic (exact) mass is 276 g/mol. The average molecular weight is 276 g/mol. The summed E-state index contributed by atoms with van der Waals surface area (Å²) in [6.07, 6.45) is 1.59. The maximum atomic E-state index is 12.4. The van der Waals surface area contributed by atoms with Gasteiger partial charge in [-0.3, -0.25) is 4.98 Å². The Balaban J connectivity index is 2.44. The fourth-order valence-electron chi connectivity index (χ4n) is 1.85. The van der Waals surface area contributed by atoms with Crippen LogP contribution in [-0.2, 0) is 15.6 Å². The molecule has 0 saturated heterocycles. The molecule has 0 aliphatic carbocycles. The number of hydrogen-bond donors (Lipinski definition) is 1. The number of aromatic nitrogens is 1. The van der Waals surface area contributed by atoms with Gasteiger partial charge in [-0.25, -0.2) is 8.42 Å². The van der Waals surface area contributed by atoms with E-state index in [1.807, 2.05) is 13.0 Å². The molecule has 5 heteroatoms. The van der Waals surface area contributed by atoms with E-state index >= 15 is 0 Å². The van der Waals surface area contributed by atoms with Gasteiger partial charge < -0.3 is 5.73 Å². The van der Waals surface area contributed by atoms with Gasteiger partial charge >= 0.3 is 0 Å². The summed E-state index contributed by atoms with van der Waals surface area (Å²) in [5, 5.41) is 0. The van der Waals surface area contributed by atoms with E-state index < -0.39 is 9.84 Å². The van der Waals surface area contributed by atoms with Crippen molar-refractivity contribution in [2.75, 3.05) is 5.73 Å². The number of nitrogen functional groups attached to an aromatic ring is 1. The Hall–Kier alpha value is -1.88. The van der Waals surface area contributed by atoms with Crippen molar-refractivity contribution in [3.8, 4) is 0 Å². The molecule has 0 amide bonds. The molecule has 0 fully saturated rings. The highest BCUT2D eigenvalue weighted by atomic mass is 32.2. The quantitative estimate of drug-likeness (QED) is 0.873. The number of aryl methyl sites for hydroxylation is 2. The number of hydrogen-bond acceptors (Lipinski definition) is 4. The van der Waals surface area contributed by atoms with Crippen LogP contribution in [0.2, 0.25) is 0 Å². The van der Waals surface area contributed by atoms with Crippen LogP contribution in [-0.4, -0.2) is 13.4 Å². The van der Waals surface area contributed by atoms with Gasteiger partial charge in [0.15, 0.2) is 9.84 Å². The lowest BCUT2D eigenvalue weighted by molar-refractivity contribution is 0.595. The third kappa shape index (κ3) is 2.76. The van der Waals surface area contributed by atoms with Crippen molar-refractivity contribution in [2.45, 2.75) is 24.5 Å². The molecule has 0 bridgehead atoms. The molecule has 1 aromatic carbocycles. The number of benzene rings is 1. The third-order valence-corrected chi connectivity index (χ3v) is 4.74. The Bertz CT molecular complexity index is 709. The van der Waals surface area contributed by atoms with Crippen LogP contribution in [0.4, 0.5) is 5.69 Å². The summed E-state index contributed by atoms with van der Waals surface area (Å²) in [7, 11) is -3.48. The smallest absolute Gasteiger partial charge is 0.186 e. The molecular weight excluding hydrogens is 260 g/mol. The van der Waals surface area contributed by atoms with Gasteiger partial charge in [0.2, 0.25) is 0 Å². The van der Waals surface area contributed by atoms with Crippen molar-refractivity contribution in [2.24, 2.45) is 0 Å². The van der Waals surface area contributed by atoms with E-state index in [0.717, 1.165) is 11.1 Å². The summed E-state index contributed by atoms with van der Waals surface area (Å²) in [5.41, 5.74) is 8.36. The zero-order chi connectivity index (χ0) is 14.0. The second-order valence-corrected chi connectivity index (χ2v) is 6.47. The Morgan fingerprint density at radius 1 is 1.11 bits per heavy atom. The van der Waals surface area contributed by atoms with Crippen LogP contribution < -0.4 is 5.73 Å². The van der Waals surface area contributed by atoms with E-state index in [1.54, 1.807) is 31.3 Å². The molecule has 0 spiro atoms. The summed E-state index contributed by atoms with van der Waals surface area (Å²) in [6.45, 7) is 3.64. The highest BCUT2D eigenvalue weighted by molar-refractivity contribution is 7.90. The molecule has 1 aromatic heterocycles. The summed E-state index contributed by atoms with van der Waals surface area (Å²) >= 11 is 0. The molecule has 0 aliphatic heterocycles. The zero-order valence-electron chi connectivity index (χ0n) is 10.9. The first-order chi connectivity index (χ1) is 8.92. The lowest BCUT2D eigenvalue weighted by Crippen LogP contribution is -2.10. The largest absolute Gasteiger partial charge is 0.397 e. The van der Waals surface area contributed by atoms with Crippen LogP contribution in [0.15, 0.2) is 41.4 Å². The second-order valence-electron chi connectivity index (χ2n) is 4.51. The van der Waals surface area contributed by atoms with Crippen molar-refractivity contribution in [3.63, 3.8) is 0 Å². The molecule has 2 aromatic rings. The van der Waals surface area contributed by atoms with Crippen molar-refractivity contribution < 1.29 is 8.42 Å². The van der Waals surface area contributed by atoms with Crippen molar-refractivity contribution in [3.05, 3.63) is 53.3 Å². The van der Waals surface area contributed by atoms with Gasteiger partial charge in [0.1, 0.15) is 0 Å². The molecular formula is C14H16N2O2S. The minimum absolute atomic E-state index is 0.132. The highest BCUT2D eigenvalue weighted by Gasteiger charge is 2.20. The Morgan fingerprint density at radius 2 is 1.79 bits per heavy atom. The van der Waals surface area contributed by atoms with Gasteiger partial charge in [-0.1, -0.05) is 18.2 Å². The van der Waals surface area contributed by atoms with Gasteiger partial charge in [-0.15, -0.1) is 0 Å². The normalized spacial score (nSPS) is 11.5. The predicted molar refractivity (Wildman–Crippen MR) is 75.5 cm³/mol. The van der Waals surface area contributed by atoms with Gasteiger partial charge in [0.25, 0.3) is 0 Å². The summed E-state index contributed by atoms with van der Waals surface area (Å²) in [6, 6.07) is 8.66. The van der Waals surface area contributed by atoms with E-state index in [2.05, 4.69) is 4.98 Å². The number of anilines is 1. The van der Waals surface area contributed by atoms with Crippen LogP contribution >= 0.6 is 0 Å². The highest BCUT2D eigenvalue weighted by Crippen LogP contribution is 2.25. The number of pyridine rings is 1. The number of para-hydroxylation sites is 1. The maximum absolute atomic E-state index is 12.4. The first kappa shape index (κ1) is 13.5. The van der Waals surface area contributed by atoms with Crippen LogP contribution in [0.1, 0.15) is 16.8 Å². The average Bonchev–Trinajstić information content (AvgIpc) is 2.35. The standard InChI is InChI=1S/C14H16N2O2S/c1-10-6-4-8-16-12(10)9-19(17,18)13-7-3-5-11(2)14(13)15/h3-8H,9,15H2,1-2H3. The Kier molecular flexibility index (Phi) is 3.57. The number of nitrogens with two attached hydrogens (primary N) is 1. The fraction of sp³-hybridized carbons (Fsp3) is 0.214. The van der Waals surface area contributed by atoms with Crippen molar-refractivity contribution in [1.29, 1.82) is 0 Å². The minimum atomic E-state index is -3.48. The zero-order valence-corrected chi connectivity index (χ0v) is 11.7. The van der Waals surface area contributed by atoms with Crippen LogP contribution in [0.5, 0.6) is 0 Å². The summed E-state index contributed by atoms with van der Waals surface area (Å²) in [4.78, 5) is 4.30. The molecule has 2 rings (SSSR count). The molecule has 1 heterocycles. The van der Waals surface area contributed by atoms with E-state index in [0.29, 0.717) is 11.4 Å². The maximum Gasteiger partial charge on any atom is 0.186 e.